The molecule has 0 aliphatic rings. The van der Waals surface area contributed by atoms with Crippen molar-refractivity contribution in [3.05, 3.63) is 47.9 Å². The molecule has 5 nitrogen and oxygen atoms in total. The lowest BCUT2D eigenvalue weighted by Gasteiger charge is -2.20. The standard InChI is InChI=1S/C16H20N2O3S/c1-11(14-9-12(19-2)6-7-15(14)20-3)18-16(22)17-10-13-5-4-8-21-13/h4-9,11H,10H2,1-3H3,(H2,17,18,22)/t11-/m0/s1. The minimum Gasteiger partial charge on any atom is -0.497 e. The second-order valence-corrected chi connectivity index (χ2v) is 5.14. The lowest BCUT2D eigenvalue weighted by atomic mass is 10.1. The molecule has 0 bridgehead atoms. The van der Waals surface area contributed by atoms with Crippen molar-refractivity contribution in [1.82, 2.24) is 10.6 Å². The summed E-state index contributed by atoms with van der Waals surface area (Å²) in [6, 6.07) is 9.39. The SMILES string of the molecule is COc1ccc(OC)c([C@H](C)NC(=S)NCc2ccco2)c1. The van der Waals surface area contributed by atoms with E-state index in [2.05, 4.69) is 10.6 Å². The molecule has 0 spiro atoms. The smallest absolute Gasteiger partial charge is 0.167 e. The van der Waals surface area contributed by atoms with Gasteiger partial charge in [-0.25, -0.2) is 0 Å². The van der Waals surface area contributed by atoms with Crippen LogP contribution in [0.3, 0.4) is 0 Å². The van der Waals surface area contributed by atoms with Crippen LogP contribution in [0.15, 0.2) is 41.0 Å². The number of methoxy groups -OCH3 is 2. The highest BCUT2D eigenvalue weighted by atomic mass is 32.1. The van der Waals surface area contributed by atoms with E-state index in [4.69, 9.17) is 26.1 Å². The first-order chi connectivity index (χ1) is 10.6. The molecule has 0 aliphatic carbocycles. The molecule has 0 unspecified atom stereocenters. The molecule has 2 aromatic rings. The Bertz CT molecular complexity index is 614. The second kappa shape index (κ2) is 7.70. The van der Waals surface area contributed by atoms with Gasteiger partial charge in [0.15, 0.2) is 5.11 Å². The van der Waals surface area contributed by atoms with Crippen molar-refractivity contribution < 1.29 is 13.9 Å². The number of hydrogen-bond acceptors (Lipinski definition) is 4. The molecule has 0 saturated carbocycles. The van der Waals surface area contributed by atoms with Gasteiger partial charge < -0.3 is 24.5 Å². The van der Waals surface area contributed by atoms with Crippen LogP contribution in [0, 0.1) is 0 Å². The summed E-state index contributed by atoms with van der Waals surface area (Å²) >= 11 is 5.31. The summed E-state index contributed by atoms with van der Waals surface area (Å²) in [6.45, 7) is 2.55. The van der Waals surface area contributed by atoms with Crippen LogP contribution in [0.4, 0.5) is 0 Å². The fraction of sp³-hybridized carbons (Fsp3) is 0.312. The molecule has 0 amide bonds. The first kappa shape index (κ1) is 16.2. The maximum Gasteiger partial charge on any atom is 0.167 e. The van der Waals surface area contributed by atoms with Gasteiger partial charge in [-0.15, -0.1) is 0 Å². The van der Waals surface area contributed by atoms with Crippen molar-refractivity contribution in [1.29, 1.82) is 0 Å². The predicted octanol–water partition coefficient (Wildman–Crippen LogP) is 3.02. The highest BCUT2D eigenvalue weighted by Crippen LogP contribution is 2.29. The lowest BCUT2D eigenvalue weighted by Crippen LogP contribution is -2.36. The quantitative estimate of drug-likeness (QED) is 0.798. The van der Waals surface area contributed by atoms with Gasteiger partial charge in [0, 0.05) is 5.56 Å². The predicted molar refractivity (Wildman–Crippen MR) is 89.2 cm³/mol. The summed E-state index contributed by atoms with van der Waals surface area (Å²) in [6.07, 6.45) is 1.64. The maximum atomic E-state index is 5.39. The molecular weight excluding hydrogens is 300 g/mol. The summed E-state index contributed by atoms with van der Waals surface area (Å²) in [5, 5.41) is 6.88. The van der Waals surface area contributed by atoms with Crippen LogP contribution in [0.1, 0.15) is 24.3 Å². The Hall–Kier alpha value is -2.21. The summed E-state index contributed by atoms with van der Waals surface area (Å²) < 4.78 is 15.9. The Balaban J connectivity index is 1.98. The Morgan fingerprint density at radius 2 is 2.09 bits per heavy atom. The molecule has 6 heteroatoms. The van der Waals surface area contributed by atoms with Crippen LogP contribution >= 0.6 is 12.2 Å². The molecule has 0 radical (unpaired) electrons. The minimum absolute atomic E-state index is 0.0262. The van der Waals surface area contributed by atoms with Crippen molar-refractivity contribution in [3.8, 4) is 11.5 Å². The second-order valence-electron chi connectivity index (χ2n) is 4.74. The van der Waals surface area contributed by atoms with E-state index < -0.39 is 0 Å². The molecule has 0 saturated heterocycles. The number of furan rings is 1. The third kappa shape index (κ3) is 4.14. The molecule has 2 N–H and O–H groups in total. The van der Waals surface area contributed by atoms with Gasteiger partial charge in [0.05, 0.1) is 33.1 Å². The Morgan fingerprint density at radius 3 is 2.73 bits per heavy atom. The van der Waals surface area contributed by atoms with E-state index in [1.807, 2.05) is 37.3 Å². The van der Waals surface area contributed by atoms with Gasteiger partial charge in [0.2, 0.25) is 0 Å². The molecular formula is C16H20N2O3S. The summed E-state index contributed by atoms with van der Waals surface area (Å²) in [5.41, 5.74) is 0.976. The van der Waals surface area contributed by atoms with Gasteiger partial charge >= 0.3 is 0 Å². The van der Waals surface area contributed by atoms with E-state index in [0.29, 0.717) is 11.7 Å². The Kier molecular flexibility index (Phi) is 5.66. The van der Waals surface area contributed by atoms with Crippen molar-refractivity contribution in [2.75, 3.05) is 14.2 Å². The zero-order valence-corrected chi connectivity index (χ0v) is 13.7. The van der Waals surface area contributed by atoms with Gasteiger partial charge in [-0.3, -0.25) is 0 Å². The average Bonchev–Trinajstić information content (AvgIpc) is 3.05. The molecule has 0 aliphatic heterocycles. The number of thiocarbonyl (C=S) groups is 1. The molecule has 1 aromatic carbocycles. The van der Waals surface area contributed by atoms with E-state index in [9.17, 15) is 0 Å². The zero-order chi connectivity index (χ0) is 15.9. The Morgan fingerprint density at radius 1 is 1.27 bits per heavy atom. The molecule has 22 heavy (non-hydrogen) atoms. The van der Waals surface area contributed by atoms with Gasteiger partial charge in [0.25, 0.3) is 0 Å². The number of rotatable bonds is 6. The third-order valence-corrected chi connectivity index (χ3v) is 3.52. The van der Waals surface area contributed by atoms with E-state index >= 15 is 0 Å². The van der Waals surface area contributed by atoms with Crippen LogP contribution in [-0.4, -0.2) is 19.3 Å². The van der Waals surface area contributed by atoms with Crippen LogP contribution in [-0.2, 0) is 6.54 Å². The molecule has 1 heterocycles. The van der Waals surface area contributed by atoms with E-state index in [1.54, 1.807) is 20.5 Å². The van der Waals surface area contributed by atoms with Crippen LogP contribution in [0.2, 0.25) is 0 Å². The van der Waals surface area contributed by atoms with Gasteiger partial charge in [0.1, 0.15) is 17.3 Å². The number of benzene rings is 1. The highest BCUT2D eigenvalue weighted by molar-refractivity contribution is 7.80. The van der Waals surface area contributed by atoms with Crippen molar-refractivity contribution in [2.24, 2.45) is 0 Å². The van der Waals surface area contributed by atoms with Crippen LogP contribution in [0.5, 0.6) is 11.5 Å². The van der Waals surface area contributed by atoms with Crippen molar-refractivity contribution in [2.45, 2.75) is 19.5 Å². The average molecular weight is 320 g/mol. The van der Waals surface area contributed by atoms with E-state index in [0.717, 1.165) is 22.8 Å². The highest BCUT2D eigenvalue weighted by Gasteiger charge is 2.13. The summed E-state index contributed by atoms with van der Waals surface area (Å²) in [7, 11) is 3.28. The fourth-order valence-electron chi connectivity index (χ4n) is 2.08. The van der Waals surface area contributed by atoms with E-state index in [1.165, 1.54) is 0 Å². The summed E-state index contributed by atoms with van der Waals surface area (Å²) in [4.78, 5) is 0. The lowest BCUT2D eigenvalue weighted by molar-refractivity contribution is 0.394. The monoisotopic (exact) mass is 320 g/mol. The number of nitrogens with one attached hydrogen (secondary N) is 2. The topological polar surface area (TPSA) is 55.7 Å². The van der Waals surface area contributed by atoms with Crippen LogP contribution in [0.25, 0.3) is 0 Å². The van der Waals surface area contributed by atoms with Crippen molar-refractivity contribution >= 4 is 17.3 Å². The van der Waals surface area contributed by atoms with Gasteiger partial charge in [-0.1, -0.05) is 0 Å². The fourth-order valence-corrected chi connectivity index (χ4v) is 2.33. The van der Waals surface area contributed by atoms with E-state index in [-0.39, 0.29) is 6.04 Å². The number of ether oxygens (including phenoxy) is 2. The summed E-state index contributed by atoms with van der Waals surface area (Å²) in [5.74, 6) is 2.39. The van der Waals surface area contributed by atoms with Gasteiger partial charge in [-0.05, 0) is 49.5 Å². The molecule has 0 fully saturated rings. The maximum absolute atomic E-state index is 5.39. The molecule has 2 rings (SSSR count). The molecule has 1 atom stereocenters. The van der Waals surface area contributed by atoms with Crippen LogP contribution < -0.4 is 20.1 Å². The first-order valence-corrected chi connectivity index (χ1v) is 7.33. The largest absolute Gasteiger partial charge is 0.497 e. The minimum atomic E-state index is -0.0262. The third-order valence-electron chi connectivity index (χ3n) is 3.25. The van der Waals surface area contributed by atoms with Gasteiger partial charge in [-0.2, -0.15) is 0 Å². The first-order valence-electron chi connectivity index (χ1n) is 6.92. The van der Waals surface area contributed by atoms with Crippen molar-refractivity contribution in [3.63, 3.8) is 0 Å². The Labute approximate surface area is 135 Å². The molecule has 118 valence electrons. The number of hydrogen-bond donors (Lipinski definition) is 2. The molecule has 1 aromatic heterocycles. The zero-order valence-electron chi connectivity index (χ0n) is 12.9. The normalized spacial score (nSPS) is 11.6.